The summed E-state index contributed by atoms with van der Waals surface area (Å²) in [6.45, 7) is 18.6. The topological polar surface area (TPSA) is 69.2 Å². The van der Waals surface area contributed by atoms with E-state index in [1.807, 2.05) is 27.0 Å². The molecule has 0 N–H and O–H groups in total. The van der Waals surface area contributed by atoms with Crippen molar-refractivity contribution in [3.8, 4) is 0 Å². The number of nitrogens with zero attached hydrogens (tertiary/aromatic N) is 5. The van der Waals surface area contributed by atoms with Crippen molar-refractivity contribution in [1.82, 2.24) is 24.6 Å². The Kier molecular flexibility index (Phi) is 10.9. The zero-order valence-corrected chi connectivity index (χ0v) is 31.6. The highest BCUT2D eigenvalue weighted by Gasteiger charge is 2.39. The third kappa shape index (κ3) is 8.10. The van der Waals surface area contributed by atoms with Crippen LogP contribution >= 0.6 is 15.9 Å². The van der Waals surface area contributed by atoms with Gasteiger partial charge in [-0.1, -0.05) is 37.6 Å². The van der Waals surface area contributed by atoms with Crippen LogP contribution in [0.1, 0.15) is 101 Å². The lowest BCUT2D eigenvalue weighted by Gasteiger charge is -2.48. The van der Waals surface area contributed by atoms with Gasteiger partial charge in [0.25, 0.3) is 0 Å². The van der Waals surface area contributed by atoms with Crippen LogP contribution < -0.4 is 0 Å². The smallest absolute Gasteiger partial charge is 0.410 e. The molecular weight excluding hydrogens is 666 g/mol. The molecule has 9 heteroatoms. The third-order valence-corrected chi connectivity index (χ3v) is 11.6. The highest BCUT2D eigenvalue weighted by atomic mass is 79.9. The number of piperidine rings is 2. The van der Waals surface area contributed by atoms with Gasteiger partial charge in [0.15, 0.2) is 0 Å². The van der Waals surface area contributed by atoms with Gasteiger partial charge in [-0.3, -0.25) is 19.6 Å². The van der Waals surface area contributed by atoms with Crippen molar-refractivity contribution in [2.75, 3.05) is 45.8 Å². The highest BCUT2D eigenvalue weighted by Crippen LogP contribution is 2.39. The van der Waals surface area contributed by atoms with Gasteiger partial charge in [0, 0.05) is 75.0 Å². The van der Waals surface area contributed by atoms with Gasteiger partial charge in [-0.25, -0.2) is 4.79 Å². The van der Waals surface area contributed by atoms with Crippen LogP contribution in [0.5, 0.6) is 0 Å². The van der Waals surface area contributed by atoms with E-state index in [9.17, 15) is 9.59 Å². The van der Waals surface area contributed by atoms with Crippen LogP contribution in [0.25, 0.3) is 0 Å². The first-order chi connectivity index (χ1) is 22.9. The molecule has 3 aliphatic heterocycles. The lowest BCUT2D eigenvalue weighted by atomic mass is 9.90. The number of ether oxygens (including phenoxy) is 1. The lowest BCUT2D eigenvalue weighted by molar-refractivity contribution is -0.139. The maximum atomic E-state index is 13.7. The molecule has 2 atom stereocenters. The number of likely N-dealkylation sites (tertiary alicyclic amines) is 2. The van der Waals surface area contributed by atoms with Crippen molar-refractivity contribution in [2.24, 2.45) is 11.8 Å². The van der Waals surface area contributed by atoms with Crippen molar-refractivity contribution in [1.29, 1.82) is 0 Å². The Balaban J connectivity index is 1.06. The second-order valence-electron chi connectivity index (χ2n) is 16.1. The molecule has 3 fully saturated rings. The monoisotopic (exact) mass is 721 g/mol. The Morgan fingerprint density at radius 2 is 1.65 bits per heavy atom. The molecule has 2 amide bonds. The number of aromatic nitrogens is 1. The van der Waals surface area contributed by atoms with E-state index in [1.54, 1.807) is 4.90 Å². The summed E-state index contributed by atoms with van der Waals surface area (Å²) in [5.41, 5.74) is 6.31. The molecule has 2 unspecified atom stereocenters. The van der Waals surface area contributed by atoms with Gasteiger partial charge in [0.1, 0.15) is 5.60 Å². The highest BCUT2D eigenvalue weighted by molar-refractivity contribution is 9.10. The Morgan fingerprint density at radius 3 is 2.33 bits per heavy atom. The number of carbonyl (C=O) groups is 2. The number of carbonyl (C=O) groups excluding carboxylic acids is 2. The van der Waals surface area contributed by atoms with Gasteiger partial charge in [0.2, 0.25) is 5.91 Å². The van der Waals surface area contributed by atoms with Crippen molar-refractivity contribution in [3.05, 3.63) is 62.9 Å². The summed E-state index contributed by atoms with van der Waals surface area (Å²) in [5.74, 6) is 1.02. The lowest BCUT2D eigenvalue weighted by Crippen LogP contribution is -2.60. The molecule has 262 valence electrons. The van der Waals surface area contributed by atoms with E-state index >= 15 is 0 Å². The number of fused-ring (bicyclic) bond motifs is 2. The molecular formula is C39H56BrN5O3. The van der Waals surface area contributed by atoms with E-state index in [4.69, 9.17) is 9.72 Å². The van der Waals surface area contributed by atoms with Crippen LogP contribution in [-0.2, 0) is 22.4 Å². The van der Waals surface area contributed by atoms with Crippen molar-refractivity contribution < 1.29 is 14.3 Å². The Morgan fingerprint density at radius 1 is 0.938 bits per heavy atom. The first-order valence-corrected chi connectivity index (χ1v) is 19.1. The average Bonchev–Trinajstić information content (AvgIpc) is 3.20. The summed E-state index contributed by atoms with van der Waals surface area (Å²) in [6.07, 6.45) is 8.39. The molecule has 1 aromatic carbocycles. The van der Waals surface area contributed by atoms with Gasteiger partial charge in [-0.15, -0.1) is 0 Å². The van der Waals surface area contributed by atoms with Crippen LogP contribution in [0.2, 0.25) is 0 Å². The zero-order chi connectivity index (χ0) is 34.2. The Bertz CT molecular complexity index is 1400. The summed E-state index contributed by atoms with van der Waals surface area (Å²) < 4.78 is 6.62. The molecule has 2 aromatic rings. The summed E-state index contributed by atoms with van der Waals surface area (Å²) in [6, 6.07) is 10.3. The fraction of sp³-hybridized carbons (Fsp3) is 0.667. The zero-order valence-electron chi connectivity index (χ0n) is 30.0. The number of hydrogen-bond donors (Lipinski definition) is 0. The van der Waals surface area contributed by atoms with E-state index in [2.05, 4.69) is 75.7 Å². The first-order valence-electron chi connectivity index (χ1n) is 18.4. The molecule has 4 heterocycles. The largest absolute Gasteiger partial charge is 0.444 e. The number of amides is 2. The quantitative estimate of drug-likeness (QED) is 0.331. The second-order valence-corrected chi connectivity index (χ2v) is 17.0. The van der Waals surface area contributed by atoms with Gasteiger partial charge in [0.05, 0.1) is 11.7 Å². The predicted octanol–water partition coefficient (Wildman–Crippen LogP) is 7.01. The van der Waals surface area contributed by atoms with Crippen molar-refractivity contribution in [2.45, 2.75) is 110 Å². The summed E-state index contributed by atoms with van der Waals surface area (Å²) in [5, 5.41) is 0. The van der Waals surface area contributed by atoms with Gasteiger partial charge in [-0.05, 0) is 117 Å². The van der Waals surface area contributed by atoms with E-state index in [1.165, 1.54) is 27.9 Å². The second kappa shape index (κ2) is 14.8. The number of benzene rings is 1. The molecule has 0 spiro atoms. The predicted molar refractivity (Wildman–Crippen MR) is 194 cm³/mol. The van der Waals surface area contributed by atoms with E-state index in [0.29, 0.717) is 43.3 Å². The standard InChI is InChI=1S/C39H56BrN5O3/c1-26(2)34-25-44(19-20-45(34)35(46)22-28-11-15-43(16-12-28)38(47)48-39(4,5)6)32-13-17-42(18-14-32)37-33-10-7-27(3)21-29(33)8-9-30-23-31(40)24-41-36(30)37/h7,10,21,23-24,26,28,32,34,37H,8-9,11-20,22,25H2,1-6H3. The van der Waals surface area contributed by atoms with Crippen LogP contribution in [0.4, 0.5) is 4.79 Å². The minimum atomic E-state index is -0.489. The molecule has 8 nitrogen and oxygen atoms in total. The van der Waals surface area contributed by atoms with E-state index < -0.39 is 5.60 Å². The van der Waals surface area contributed by atoms with E-state index in [0.717, 1.165) is 75.7 Å². The van der Waals surface area contributed by atoms with Gasteiger partial charge in [-0.2, -0.15) is 0 Å². The molecule has 0 bridgehead atoms. The number of piperazine rings is 1. The van der Waals surface area contributed by atoms with Crippen LogP contribution in [-0.4, -0.2) is 100 Å². The van der Waals surface area contributed by atoms with Gasteiger partial charge >= 0.3 is 6.09 Å². The SMILES string of the molecule is Cc1ccc2c(c1)CCc1cc(Br)cnc1C2N1CCC(N2CCN(C(=O)CC3CCN(C(=O)OC(C)(C)C)CC3)C(C(C)C)C2)CC1. The minimum absolute atomic E-state index is 0.195. The third-order valence-electron chi connectivity index (χ3n) is 11.1. The average molecular weight is 723 g/mol. The number of halogens is 1. The van der Waals surface area contributed by atoms with Crippen LogP contribution in [0.3, 0.4) is 0 Å². The first kappa shape index (κ1) is 35.3. The number of pyridine rings is 1. The fourth-order valence-corrected chi connectivity index (χ4v) is 8.88. The Labute approximate surface area is 296 Å². The van der Waals surface area contributed by atoms with Crippen molar-refractivity contribution in [3.63, 3.8) is 0 Å². The number of rotatable bonds is 5. The minimum Gasteiger partial charge on any atom is -0.444 e. The molecule has 3 saturated heterocycles. The van der Waals surface area contributed by atoms with Crippen LogP contribution in [0.15, 0.2) is 34.9 Å². The molecule has 4 aliphatic rings. The fourth-order valence-electron chi connectivity index (χ4n) is 8.51. The summed E-state index contributed by atoms with van der Waals surface area (Å²) in [4.78, 5) is 40.7. The maximum absolute atomic E-state index is 13.7. The molecule has 1 aromatic heterocycles. The maximum Gasteiger partial charge on any atom is 0.410 e. The molecule has 0 saturated carbocycles. The molecule has 6 rings (SSSR count). The Hall–Kier alpha value is -2.49. The number of hydrogen-bond acceptors (Lipinski definition) is 6. The molecule has 0 radical (unpaired) electrons. The van der Waals surface area contributed by atoms with E-state index in [-0.39, 0.29) is 18.2 Å². The van der Waals surface area contributed by atoms with Gasteiger partial charge < -0.3 is 14.5 Å². The summed E-state index contributed by atoms with van der Waals surface area (Å²) >= 11 is 3.67. The van der Waals surface area contributed by atoms with Crippen LogP contribution in [0, 0.1) is 18.8 Å². The number of aryl methyl sites for hydroxylation is 3. The normalized spacial score (nSPS) is 23.5. The molecule has 48 heavy (non-hydrogen) atoms. The molecule has 1 aliphatic carbocycles. The van der Waals surface area contributed by atoms with Crippen molar-refractivity contribution >= 4 is 27.9 Å². The summed E-state index contributed by atoms with van der Waals surface area (Å²) in [7, 11) is 0.